The summed E-state index contributed by atoms with van der Waals surface area (Å²) in [6.45, 7) is 0. The Labute approximate surface area is 296 Å². The summed E-state index contributed by atoms with van der Waals surface area (Å²) in [5.41, 5.74) is 0. The van der Waals surface area contributed by atoms with Gasteiger partial charge in [0.2, 0.25) is 0 Å². The van der Waals surface area contributed by atoms with E-state index in [4.69, 9.17) is 77.0 Å². The molecule has 0 unspecified atom stereocenters. The van der Waals surface area contributed by atoms with Crippen LogP contribution in [0.3, 0.4) is 0 Å². The van der Waals surface area contributed by atoms with Crippen molar-refractivity contribution in [3.63, 3.8) is 0 Å². The first-order valence-corrected chi connectivity index (χ1v) is 8.76. The number of hydrogen-bond donors (Lipinski definition) is 0. The van der Waals surface area contributed by atoms with Gasteiger partial charge in [-0.05, 0) is 0 Å². The maximum absolute atomic E-state index is 8.55. The van der Waals surface area contributed by atoms with Crippen LogP contribution in [-0.4, -0.2) is 136 Å². The number of rotatable bonds is 0. The van der Waals surface area contributed by atoms with Gasteiger partial charge in [0.25, 0.3) is 0 Å². The molecule has 0 aromatic carbocycles. The third-order valence-electron chi connectivity index (χ3n) is 0. The maximum atomic E-state index is 8.55. The molecule has 0 aromatic heterocycles. The van der Waals surface area contributed by atoms with E-state index in [2.05, 4.69) is 0 Å². The predicted octanol–water partition coefficient (Wildman–Crippen LogP) is -12.4. The van der Waals surface area contributed by atoms with Gasteiger partial charge >= 0.3 is 195 Å². The Kier molecular flexibility index (Phi) is 77.9. The molecule has 0 saturated heterocycles. The van der Waals surface area contributed by atoms with E-state index in [0.717, 1.165) is 0 Å². The second-order valence-electron chi connectivity index (χ2n) is 1.79. The van der Waals surface area contributed by atoms with Crippen molar-refractivity contribution in [3.8, 4) is 0 Å². The quantitative estimate of drug-likeness (QED) is 0.161. The van der Waals surface area contributed by atoms with Gasteiger partial charge in [0.1, 0.15) is 0 Å². The number of phosphoric acid groups is 4. The van der Waals surface area contributed by atoms with Crippen molar-refractivity contribution < 1.29 is 135 Å². The van der Waals surface area contributed by atoms with Crippen molar-refractivity contribution >= 4 is 168 Å². The van der Waals surface area contributed by atoms with Crippen LogP contribution in [0.5, 0.6) is 0 Å². The molecule has 0 aliphatic rings. The van der Waals surface area contributed by atoms with Crippen LogP contribution >= 0.6 is 31.3 Å². The molecule has 26 heteroatoms. The molecule has 0 aliphatic carbocycles. The van der Waals surface area contributed by atoms with Gasteiger partial charge in [-0.2, -0.15) is 31.3 Å². The number of hydrogen-bond acceptors (Lipinski definition) is 16. The monoisotopic (exact) mass is 835 g/mol. The summed E-state index contributed by atoms with van der Waals surface area (Å²) < 4.78 is 34.2. The van der Waals surface area contributed by atoms with E-state index >= 15 is 0 Å². The maximum Gasteiger partial charge on any atom is 2.00 e. The minimum absolute atomic E-state index is 0. The fourth-order valence-corrected chi connectivity index (χ4v) is 0. The molecule has 0 heterocycles. The Balaban J connectivity index is -0.0000000152. The van der Waals surface area contributed by atoms with Crippen molar-refractivity contribution in [2.24, 2.45) is 0 Å². The molecule has 0 aromatic rings. The molecular formula is O16P4Sr3Zn3. The largest absolute Gasteiger partial charge is 2.00 e. The topological polar surface area (TPSA) is 345 Å². The summed E-state index contributed by atoms with van der Waals surface area (Å²) in [6, 6.07) is 0. The van der Waals surface area contributed by atoms with Crippen LogP contribution in [-0.2, 0) is 76.7 Å². The van der Waals surface area contributed by atoms with Gasteiger partial charge in [0.15, 0.2) is 0 Å². The van der Waals surface area contributed by atoms with Crippen LogP contribution in [0.15, 0.2) is 0 Å². The molecule has 128 valence electrons. The van der Waals surface area contributed by atoms with Gasteiger partial charge in [-0.3, -0.25) is 0 Å². The fourth-order valence-electron chi connectivity index (χ4n) is 0. The predicted molar refractivity (Wildman–Crippen MR) is 47.7 cm³/mol. The van der Waals surface area contributed by atoms with Gasteiger partial charge in [-0.15, -0.1) is 0 Å². The molecule has 0 radical (unpaired) electrons. The molecule has 0 aliphatic heterocycles. The molecule has 0 rings (SSSR count). The van der Waals surface area contributed by atoms with Gasteiger partial charge in [-0.1, -0.05) is 0 Å². The summed E-state index contributed by atoms with van der Waals surface area (Å²) in [7, 11) is -21.6. The fraction of sp³-hybridized carbons (Fsp3) is 0. The van der Waals surface area contributed by atoms with Gasteiger partial charge in [0.05, 0.1) is 0 Å². The van der Waals surface area contributed by atoms with Crippen molar-refractivity contribution in [1.29, 1.82) is 0 Å². The first kappa shape index (κ1) is 63.8. The van der Waals surface area contributed by atoms with Crippen molar-refractivity contribution in [2.45, 2.75) is 0 Å². The van der Waals surface area contributed by atoms with E-state index in [9.17, 15) is 0 Å². The summed E-state index contributed by atoms with van der Waals surface area (Å²) in [4.78, 5) is 103. The third kappa shape index (κ3) is 597. The van der Waals surface area contributed by atoms with E-state index < -0.39 is 31.3 Å². The minimum Gasteiger partial charge on any atom is -0.822 e. The van der Waals surface area contributed by atoms with E-state index in [1.54, 1.807) is 0 Å². The first-order valence-electron chi connectivity index (χ1n) is 2.92. The molecule has 0 fully saturated rings. The summed E-state index contributed by atoms with van der Waals surface area (Å²) in [5, 5.41) is 0. The standard InChI is InChI=1S/4H3O4P.3Sr.3Zn/c4*1-5(2,3)4;;;;;;/h4*(H3,1,2,3,4);;;;;;/q;;;;6*+2/p-12. The van der Waals surface area contributed by atoms with E-state index in [1.807, 2.05) is 0 Å². The van der Waals surface area contributed by atoms with Crippen LogP contribution in [0.4, 0.5) is 0 Å². The van der Waals surface area contributed by atoms with Crippen LogP contribution in [0.2, 0.25) is 0 Å². The summed E-state index contributed by atoms with van der Waals surface area (Å²) in [5.74, 6) is 0. The van der Waals surface area contributed by atoms with Gasteiger partial charge < -0.3 is 77.0 Å². The van der Waals surface area contributed by atoms with Crippen LogP contribution in [0.25, 0.3) is 0 Å². The molecule has 0 saturated carbocycles. The van der Waals surface area contributed by atoms with Crippen LogP contribution in [0, 0.1) is 0 Å². The molecule has 26 heavy (non-hydrogen) atoms. The second kappa shape index (κ2) is 31.8. The molecule has 0 spiro atoms. The molecule has 0 N–H and O–H groups in total. The van der Waals surface area contributed by atoms with Crippen LogP contribution in [0.1, 0.15) is 0 Å². The minimum atomic E-state index is -5.39. The third-order valence-corrected chi connectivity index (χ3v) is 0. The molecule has 0 bridgehead atoms. The Morgan fingerprint density at radius 2 is 0.308 bits per heavy atom. The van der Waals surface area contributed by atoms with Gasteiger partial charge in [0, 0.05) is 0 Å². The zero-order chi connectivity index (χ0) is 18.0. The van der Waals surface area contributed by atoms with E-state index in [1.165, 1.54) is 0 Å². The van der Waals surface area contributed by atoms with Crippen molar-refractivity contribution in [3.05, 3.63) is 0 Å². The van der Waals surface area contributed by atoms with E-state index in [-0.39, 0.29) is 195 Å². The average molecular weight is 839 g/mol. The first-order chi connectivity index (χ1) is 8.00. The normalized spacial score (nSPS) is 9.08. The van der Waals surface area contributed by atoms with Gasteiger partial charge in [-0.25, -0.2) is 0 Å². The van der Waals surface area contributed by atoms with Crippen LogP contribution < -0.4 is 58.7 Å². The average Bonchev–Trinajstić information content (AvgIpc) is 1.62. The zero-order valence-electron chi connectivity index (χ0n) is 12.6. The molecule has 0 amide bonds. The zero-order valence-corrected chi connectivity index (χ0v) is 35.5. The molecule has 0 atom stereocenters. The van der Waals surface area contributed by atoms with E-state index in [0.29, 0.717) is 0 Å². The Morgan fingerprint density at radius 1 is 0.308 bits per heavy atom. The second-order valence-corrected chi connectivity index (χ2v) is 5.37. The Bertz CT molecular complexity index is 305. The Morgan fingerprint density at radius 3 is 0.308 bits per heavy atom. The van der Waals surface area contributed by atoms with Crippen molar-refractivity contribution in [1.82, 2.24) is 0 Å². The molecular weight excluding hydrogens is 839 g/mol. The SMILES string of the molecule is O=P([O-])([O-])[O-].O=P([O-])([O-])[O-].O=P([O-])([O-])[O-].O=P([O-])([O-])[O-].[Sr+2].[Sr+2].[Sr+2].[Zn+2].[Zn+2].[Zn+2]. The smallest absolute Gasteiger partial charge is 0.822 e. The molecule has 16 nitrogen and oxygen atoms in total. The van der Waals surface area contributed by atoms with Crippen molar-refractivity contribution in [2.75, 3.05) is 0 Å². The summed E-state index contributed by atoms with van der Waals surface area (Å²) >= 11 is 0. The summed E-state index contributed by atoms with van der Waals surface area (Å²) in [6.07, 6.45) is 0. The Hall–Kier alpha value is 6.75.